The lowest BCUT2D eigenvalue weighted by Crippen LogP contribution is -2.39. The average Bonchev–Trinajstić information content (AvgIpc) is 2.36. The van der Waals surface area contributed by atoms with Gasteiger partial charge in [0.25, 0.3) is 0 Å². The van der Waals surface area contributed by atoms with Crippen molar-refractivity contribution in [1.82, 2.24) is 4.72 Å². The van der Waals surface area contributed by atoms with Crippen molar-refractivity contribution in [2.24, 2.45) is 5.92 Å². The Morgan fingerprint density at radius 1 is 1.25 bits per heavy atom. The molecule has 2 unspecified atom stereocenters. The van der Waals surface area contributed by atoms with Gasteiger partial charge >= 0.3 is 0 Å². The zero-order valence-electron chi connectivity index (χ0n) is 12.1. The minimum atomic E-state index is -3.32. The summed E-state index contributed by atoms with van der Waals surface area (Å²) in [5.74, 6) is 1.02. The Labute approximate surface area is 126 Å². The summed E-state index contributed by atoms with van der Waals surface area (Å²) in [6, 6.07) is 7.35. The quantitative estimate of drug-likeness (QED) is 0.749. The summed E-state index contributed by atoms with van der Waals surface area (Å²) in [4.78, 5) is 0. The molecule has 1 N–H and O–H groups in total. The maximum absolute atomic E-state index is 11.8. The van der Waals surface area contributed by atoms with Crippen LogP contribution in [-0.2, 0) is 10.0 Å². The summed E-state index contributed by atoms with van der Waals surface area (Å²) < 4.78 is 31.8. The summed E-state index contributed by atoms with van der Waals surface area (Å²) in [7, 11) is -3.32. The lowest BCUT2D eigenvalue weighted by atomic mass is 10.2. The highest BCUT2D eigenvalue weighted by Gasteiger charge is 2.18. The van der Waals surface area contributed by atoms with E-state index in [-0.39, 0.29) is 24.3 Å². The fourth-order valence-corrected chi connectivity index (χ4v) is 3.55. The standard InChI is InChI=1S/C14H22ClNO3S/c1-11-4-6-14(7-5-11)19-9-13(3)16-20(17,18)10-12(2)8-15/h4-7,12-13,16H,8-10H2,1-3H3. The molecule has 0 radical (unpaired) electrons. The first-order valence-electron chi connectivity index (χ1n) is 6.58. The van der Waals surface area contributed by atoms with Gasteiger partial charge in [0.2, 0.25) is 10.0 Å². The van der Waals surface area contributed by atoms with Crippen molar-refractivity contribution >= 4 is 21.6 Å². The van der Waals surface area contributed by atoms with Crippen LogP contribution in [0.4, 0.5) is 0 Å². The van der Waals surface area contributed by atoms with E-state index in [1.807, 2.05) is 31.2 Å². The van der Waals surface area contributed by atoms with Gasteiger partial charge in [0.05, 0.1) is 11.8 Å². The van der Waals surface area contributed by atoms with Gasteiger partial charge in [-0.3, -0.25) is 0 Å². The second-order valence-corrected chi connectivity index (χ2v) is 7.29. The molecule has 0 aliphatic rings. The van der Waals surface area contributed by atoms with Gasteiger partial charge < -0.3 is 4.74 Å². The molecule has 0 saturated carbocycles. The van der Waals surface area contributed by atoms with Crippen LogP contribution in [-0.4, -0.2) is 32.7 Å². The zero-order chi connectivity index (χ0) is 15.2. The summed E-state index contributed by atoms with van der Waals surface area (Å²) in [6.07, 6.45) is 0. The van der Waals surface area contributed by atoms with Gasteiger partial charge in [-0.15, -0.1) is 11.6 Å². The second-order valence-electron chi connectivity index (χ2n) is 5.18. The lowest BCUT2D eigenvalue weighted by molar-refractivity contribution is 0.287. The van der Waals surface area contributed by atoms with Gasteiger partial charge in [0.15, 0.2) is 0 Å². The highest BCUT2D eigenvalue weighted by molar-refractivity contribution is 7.89. The monoisotopic (exact) mass is 319 g/mol. The molecule has 0 aromatic heterocycles. The summed E-state index contributed by atoms with van der Waals surface area (Å²) >= 11 is 5.63. The lowest BCUT2D eigenvalue weighted by Gasteiger charge is -2.16. The predicted octanol–water partition coefficient (Wildman–Crippen LogP) is 2.56. The Hall–Kier alpha value is -0.780. The molecule has 0 bridgehead atoms. The van der Waals surface area contributed by atoms with Crippen LogP contribution in [0.5, 0.6) is 5.75 Å². The highest BCUT2D eigenvalue weighted by Crippen LogP contribution is 2.11. The number of nitrogens with one attached hydrogen (secondary N) is 1. The molecule has 20 heavy (non-hydrogen) atoms. The maximum Gasteiger partial charge on any atom is 0.212 e. The van der Waals surface area contributed by atoms with E-state index in [4.69, 9.17) is 16.3 Å². The first-order valence-corrected chi connectivity index (χ1v) is 8.76. The maximum atomic E-state index is 11.8. The van der Waals surface area contributed by atoms with Crippen molar-refractivity contribution < 1.29 is 13.2 Å². The Balaban J connectivity index is 2.43. The van der Waals surface area contributed by atoms with Crippen LogP contribution in [0.1, 0.15) is 19.4 Å². The molecule has 0 amide bonds. The molecule has 4 nitrogen and oxygen atoms in total. The van der Waals surface area contributed by atoms with Crippen LogP contribution in [0.2, 0.25) is 0 Å². The van der Waals surface area contributed by atoms with Crippen LogP contribution in [0.3, 0.4) is 0 Å². The van der Waals surface area contributed by atoms with Crippen LogP contribution in [0.25, 0.3) is 0 Å². The third-order valence-corrected chi connectivity index (χ3v) is 4.97. The number of rotatable bonds is 8. The molecular weight excluding hydrogens is 298 g/mol. The number of benzene rings is 1. The summed E-state index contributed by atoms with van der Waals surface area (Å²) in [5, 5.41) is 0. The Morgan fingerprint density at radius 2 is 1.85 bits per heavy atom. The third-order valence-electron chi connectivity index (χ3n) is 2.67. The number of halogens is 1. The molecule has 1 rings (SSSR count). The van der Waals surface area contributed by atoms with Crippen molar-refractivity contribution in [3.05, 3.63) is 29.8 Å². The van der Waals surface area contributed by atoms with Crippen molar-refractivity contribution in [3.63, 3.8) is 0 Å². The molecular formula is C14H22ClNO3S. The first kappa shape index (κ1) is 17.3. The fourth-order valence-electron chi connectivity index (χ4n) is 1.66. The van der Waals surface area contributed by atoms with Gasteiger partial charge in [-0.05, 0) is 31.9 Å². The van der Waals surface area contributed by atoms with Gasteiger partial charge in [0, 0.05) is 5.88 Å². The SMILES string of the molecule is Cc1ccc(OCC(C)NS(=O)(=O)CC(C)CCl)cc1. The average molecular weight is 320 g/mol. The van der Waals surface area contributed by atoms with E-state index in [1.165, 1.54) is 0 Å². The van der Waals surface area contributed by atoms with Gasteiger partial charge in [-0.25, -0.2) is 13.1 Å². The second kappa shape index (κ2) is 7.86. The molecule has 2 atom stereocenters. The number of hydrogen-bond donors (Lipinski definition) is 1. The van der Waals surface area contributed by atoms with E-state index in [0.717, 1.165) is 11.3 Å². The van der Waals surface area contributed by atoms with Crippen LogP contribution >= 0.6 is 11.6 Å². The molecule has 0 fully saturated rings. The largest absolute Gasteiger partial charge is 0.492 e. The molecule has 6 heteroatoms. The van der Waals surface area contributed by atoms with Gasteiger partial charge in [0.1, 0.15) is 12.4 Å². The van der Waals surface area contributed by atoms with E-state index in [0.29, 0.717) is 5.88 Å². The molecule has 0 spiro atoms. The van der Waals surface area contributed by atoms with E-state index >= 15 is 0 Å². The Bertz CT molecular complexity index is 502. The molecule has 1 aromatic carbocycles. The number of hydrogen-bond acceptors (Lipinski definition) is 3. The minimum Gasteiger partial charge on any atom is -0.492 e. The molecule has 0 aliphatic carbocycles. The molecule has 114 valence electrons. The van der Waals surface area contributed by atoms with Crippen LogP contribution in [0, 0.1) is 12.8 Å². The van der Waals surface area contributed by atoms with Crippen molar-refractivity contribution in [3.8, 4) is 5.75 Å². The smallest absolute Gasteiger partial charge is 0.212 e. The number of alkyl halides is 1. The van der Waals surface area contributed by atoms with E-state index in [1.54, 1.807) is 13.8 Å². The van der Waals surface area contributed by atoms with E-state index in [2.05, 4.69) is 4.72 Å². The fraction of sp³-hybridized carbons (Fsp3) is 0.571. The van der Waals surface area contributed by atoms with E-state index in [9.17, 15) is 8.42 Å². The van der Waals surface area contributed by atoms with E-state index < -0.39 is 10.0 Å². The van der Waals surface area contributed by atoms with Crippen LogP contribution < -0.4 is 9.46 Å². The van der Waals surface area contributed by atoms with Crippen molar-refractivity contribution in [2.45, 2.75) is 26.8 Å². The van der Waals surface area contributed by atoms with Gasteiger partial charge in [-0.2, -0.15) is 0 Å². The molecule has 0 saturated heterocycles. The third kappa shape index (κ3) is 6.59. The molecule has 0 aliphatic heterocycles. The van der Waals surface area contributed by atoms with Crippen LogP contribution in [0.15, 0.2) is 24.3 Å². The van der Waals surface area contributed by atoms with Crippen molar-refractivity contribution in [2.75, 3.05) is 18.2 Å². The normalized spacial score (nSPS) is 14.8. The molecule has 1 aromatic rings. The highest BCUT2D eigenvalue weighted by atomic mass is 35.5. The Morgan fingerprint density at radius 3 is 2.40 bits per heavy atom. The summed E-state index contributed by atoms with van der Waals surface area (Å²) in [6.45, 7) is 5.87. The zero-order valence-corrected chi connectivity index (χ0v) is 13.7. The number of aryl methyl sites for hydroxylation is 1. The topological polar surface area (TPSA) is 55.4 Å². The first-order chi connectivity index (χ1) is 9.32. The molecule has 0 heterocycles. The predicted molar refractivity (Wildman–Crippen MR) is 82.9 cm³/mol. The number of ether oxygens (including phenoxy) is 1. The van der Waals surface area contributed by atoms with Gasteiger partial charge in [-0.1, -0.05) is 24.6 Å². The summed E-state index contributed by atoms with van der Waals surface area (Å²) in [5.41, 5.74) is 1.15. The Kier molecular flexibility index (Phi) is 6.79. The minimum absolute atomic E-state index is 0.0331. The number of sulfonamides is 1. The van der Waals surface area contributed by atoms with Crippen molar-refractivity contribution in [1.29, 1.82) is 0 Å².